The van der Waals surface area contributed by atoms with Crippen LogP contribution in [0.25, 0.3) is 10.8 Å². The Hall–Kier alpha value is -2.03. The largest absolute Gasteiger partial charge is 0.300 e. The zero-order valence-corrected chi connectivity index (χ0v) is 13.4. The molecule has 3 nitrogen and oxygen atoms in total. The van der Waals surface area contributed by atoms with Crippen molar-refractivity contribution in [3.8, 4) is 0 Å². The number of Topliss-reactive ketones (excluding diaryl/α,β-unsaturated/α-hetero) is 2. The predicted molar refractivity (Wildman–Crippen MR) is 89.2 cm³/mol. The minimum atomic E-state index is 0.130. The van der Waals surface area contributed by atoms with Gasteiger partial charge in [-0.3, -0.25) is 9.78 Å². The summed E-state index contributed by atoms with van der Waals surface area (Å²) in [4.78, 5) is 27.7. The van der Waals surface area contributed by atoms with E-state index in [4.69, 9.17) is 0 Å². The molecule has 0 atom stereocenters. The van der Waals surface area contributed by atoms with Crippen molar-refractivity contribution < 1.29 is 9.59 Å². The first-order chi connectivity index (χ1) is 10.6. The van der Waals surface area contributed by atoms with Crippen molar-refractivity contribution in [2.45, 2.75) is 52.4 Å². The zero-order valence-electron chi connectivity index (χ0n) is 13.4. The number of unbranched alkanes of at least 4 members (excludes halogenated alkanes) is 1. The van der Waals surface area contributed by atoms with Gasteiger partial charge < -0.3 is 4.79 Å². The molecule has 0 bridgehead atoms. The van der Waals surface area contributed by atoms with Gasteiger partial charge in [0.2, 0.25) is 0 Å². The number of ketones is 2. The third kappa shape index (κ3) is 4.00. The van der Waals surface area contributed by atoms with Crippen molar-refractivity contribution in [3.63, 3.8) is 0 Å². The van der Waals surface area contributed by atoms with Crippen molar-refractivity contribution in [1.29, 1.82) is 0 Å². The van der Waals surface area contributed by atoms with Gasteiger partial charge in [-0.25, -0.2) is 0 Å². The maximum atomic E-state index is 12.5. The Morgan fingerprint density at radius 1 is 1.09 bits per heavy atom. The summed E-state index contributed by atoms with van der Waals surface area (Å²) < 4.78 is 0. The van der Waals surface area contributed by atoms with E-state index in [0.29, 0.717) is 12.8 Å². The van der Waals surface area contributed by atoms with E-state index in [-0.39, 0.29) is 11.6 Å². The number of hydrogen-bond donors (Lipinski definition) is 0. The van der Waals surface area contributed by atoms with E-state index in [1.54, 1.807) is 13.1 Å². The third-order valence-corrected chi connectivity index (χ3v) is 3.87. The van der Waals surface area contributed by atoms with E-state index in [1.807, 2.05) is 18.3 Å². The van der Waals surface area contributed by atoms with Crippen molar-refractivity contribution in [3.05, 3.63) is 41.7 Å². The molecule has 0 amide bonds. The van der Waals surface area contributed by atoms with Crippen LogP contribution in [0.15, 0.2) is 30.6 Å². The molecule has 0 radical (unpaired) electrons. The second kappa shape index (κ2) is 7.83. The van der Waals surface area contributed by atoms with E-state index < -0.39 is 0 Å². The number of carbonyl (C=O) groups excluding carboxylic acids is 2. The van der Waals surface area contributed by atoms with Crippen LogP contribution in [0.3, 0.4) is 0 Å². The van der Waals surface area contributed by atoms with Gasteiger partial charge >= 0.3 is 0 Å². The van der Waals surface area contributed by atoms with Crippen LogP contribution < -0.4 is 0 Å². The predicted octanol–water partition coefficient (Wildman–Crippen LogP) is 4.52. The lowest BCUT2D eigenvalue weighted by Crippen LogP contribution is -2.03. The molecular formula is C19H23NO2. The van der Waals surface area contributed by atoms with Crippen LogP contribution in [0.1, 0.15) is 61.9 Å². The lowest BCUT2D eigenvalue weighted by Gasteiger charge is -2.10. The van der Waals surface area contributed by atoms with Crippen LogP contribution in [0, 0.1) is 0 Å². The fourth-order valence-electron chi connectivity index (χ4n) is 2.80. The van der Waals surface area contributed by atoms with Crippen molar-refractivity contribution in [2.24, 2.45) is 0 Å². The molecule has 22 heavy (non-hydrogen) atoms. The zero-order chi connectivity index (χ0) is 15.9. The van der Waals surface area contributed by atoms with E-state index in [1.165, 1.54) is 5.56 Å². The fraction of sp³-hybridized carbons (Fsp3) is 0.421. The second-order valence-electron chi connectivity index (χ2n) is 5.78. The van der Waals surface area contributed by atoms with Gasteiger partial charge in [-0.1, -0.05) is 31.5 Å². The average Bonchev–Trinajstić information content (AvgIpc) is 2.51. The summed E-state index contributed by atoms with van der Waals surface area (Å²) >= 11 is 0. The van der Waals surface area contributed by atoms with Gasteiger partial charge in [0.05, 0.1) is 0 Å². The molecule has 3 heteroatoms. The second-order valence-corrected chi connectivity index (χ2v) is 5.78. The first kappa shape index (κ1) is 16.3. The molecule has 1 aromatic heterocycles. The van der Waals surface area contributed by atoms with E-state index in [9.17, 15) is 9.59 Å². The van der Waals surface area contributed by atoms with Gasteiger partial charge in [-0.05, 0) is 37.1 Å². The van der Waals surface area contributed by atoms with E-state index in [0.717, 1.165) is 42.0 Å². The Balaban J connectivity index is 2.22. The van der Waals surface area contributed by atoms with Gasteiger partial charge in [-0.2, -0.15) is 0 Å². The Bertz CT molecular complexity index is 671. The minimum absolute atomic E-state index is 0.130. The molecule has 1 aromatic carbocycles. The summed E-state index contributed by atoms with van der Waals surface area (Å²) in [7, 11) is 0. The molecular weight excluding hydrogens is 274 g/mol. The molecule has 0 N–H and O–H groups in total. The molecule has 0 spiro atoms. The highest BCUT2D eigenvalue weighted by Crippen LogP contribution is 2.25. The van der Waals surface area contributed by atoms with Crippen LogP contribution in [0.4, 0.5) is 0 Å². The van der Waals surface area contributed by atoms with Crippen LogP contribution in [-0.2, 0) is 11.2 Å². The number of aromatic nitrogens is 1. The van der Waals surface area contributed by atoms with Crippen molar-refractivity contribution >= 4 is 22.3 Å². The molecule has 116 valence electrons. The smallest absolute Gasteiger partial charge is 0.165 e. The topological polar surface area (TPSA) is 47.0 Å². The first-order valence-electron chi connectivity index (χ1n) is 8.01. The van der Waals surface area contributed by atoms with Crippen LogP contribution in [0.2, 0.25) is 0 Å². The standard InChI is InChI=1S/C19H23NO2/c1-3-7-15-9-6-10-16-12-20-13-17(19(15)16)18(22)11-5-4-8-14(2)21/h6,9-10,12-13H,3-5,7-8,11H2,1-2H3. The number of aryl methyl sites for hydroxylation is 1. The Morgan fingerprint density at radius 3 is 2.59 bits per heavy atom. The Kier molecular flexibility index (Phi) is 5.82. The molecule has 0 unspecified atom stereocenters. The fourth-order valence-corrected chi connectivity index (χ4v) is 2.80. The highest BCUT2D eigenvalue weighted by molar-refractivity contribution is 6.08. The molecule has 2 aromatic rings. The molecule has 1 heterocycles. The summed E-state index contributed by atoms with van der Waals surface area (Å²) in [6, 6.07) is 6.13. The summed E-state index contributed by atoms with van der Waals surface area (Å²) in [5.74, 6) is 0.315. The lowest BCUT2D eigenvalue weighted by molar-refractivity contribution is -0.117. The van der Waals surface area contributed by atoms with E-state index in [2.05, 4.69) is 18.0 Å². The van der Waals surface area contributed by atoms with Crippen LogP contribution >= 0.6 is 0 Å². The summed E-state index contributed by atoms with van der Waals surface area (Å²) in [6.45, 7) is 3.73. The summed E-state index contributed by atoms with van der Waals surface area (Å²) in [6.07, 6.45) is 8.10. The number of hydrogen-bond acceptors (Lipinski definition) is 3. The number of rotatable bonds is 8. The number of carbonyl (C=O) groups is 2. The van der Waals surface area contributed by atoms with E-state index >= 15 is 0 Å². The molecule has 0 aliphatic carbocycles. The number of fused-ring (bicyclic) bond motifs is 1. The van der Waals surface area contributed by atoms with Gasteiger partial charge in [0.15, 0.2) is 5.78 Å². The molecule has 0 fully saturated rings. The number of pyridine rings is 1. The summed E-state index contributed by atoms with van der Waals surface area (Å²) in [5, 5.41) is 2.08. The maximum absolute atomic E-state index is 12.5. The van der Waals surface area contributed by atoms with Crippen LogP contribution in [-0.4, -0.2) is 16.6 Å². The maximum Gasteiger partial charge on any atom is 0.165 e. The monoisotopic (exact) mass is 297 g/mol. The van der Waals surface area contributed by atoms with Gasteiger partial charge in [0, 0.05) is 36.2 Å². The molecule has 2 rings (SSSR count). The number of benzene rings is 1. The molecule has 0 saturated heterocycles. The lowest BCUT2D eigenvalue weighted by atomic mass is 9.95. The quantitative estimate of drug-likeness (QED) is 0.531. The molecule has 0 saturated carbocycles. The summed E-state index contributed by atoms with van der Waals surface area (Å²) in [5.41, 5.74) is 1.94. The third-order valence-electron chi connectivity index (χ3n) is 3.87. The SMILES string of the molecule is CCCc1cccc2cncc(C(=O)CCCCC(C)=O)c12. The van der Waals surface area contributed by atoms with Crippen molar-refractivity contribution in [2.75, 3.05) is 0 Å². The van der Waals surface area contributed by atoms with Gasteiger partial charge in [0.1, 0.15) is 5.78 Å². The highest BCUT2D eigenvalue weighted by atomic mass is 16.1. The molecule has 0 aliphatic heterocycles. The van der Waals surface area contributed by atoms with Crippen molar-refractivity contribution in [1.82, 2.24) is 4.98 Å². The average molecular weight is 297 g/mol. The molecule has 0 aliphatic rings. The normalized spacial score (nSPS) is 10.8. The Morgan fingerprint density at radius 2 is 1.86 bits per heavy atom. The van der Waals surface area contributed by atoms with Gasteiger partial charge in [-0.15, -0.1) is 0 Å². The van der Waals surface area contributed by atoms with Crippen LogP contribution in [0.5, 0.6) is 0 Å². The van der Waals surface area contributed by atoms with Gasteiger partial charge in [0.25, 0.3) is 0 Å². The highest BCUT2D eigenvalue weighted by Gasteiger charge is 2.13. The Labute approximate surface area is 131 Å². The number of nitrogens with zero attached hydrogens (tertiary/aromatic N) is 1. The first-order valence-corrected chi connectivity index (χ1v) is 8.01. The minimum Gasteiger partial charge on any atom is -0.300 e.